The average molecular weight is 297 g/mol. The summed E-state index contributed by atoms with van der Waals surface area (Å²) in [5.41, 5.74) is 2.19. The Kier molecular flexibility index (Phi) is 4.51. The molecule has 22 heavy (non-hydrogen) atoms. The number of para-hydroxylation sites is 1. The third-order valence-electron chi connectivity index (χ3n) is 4.33. The summed E-state index contributed by atoms with van der Waals surface area (Å²) in [6.45, 7) is 5.36. The molecule has 1 aliphatic heterocycles. The van der Waals surface area contributed by atoms with E-state index < -0.39 is 0 Å². The second-order valence-electron chi connectivity index (χ2n) is 5.83. The van der Waals surface area contributed by atoms with E-state index in [1.807, 2.05) is 18.2 Å². The van der Waals surface area contributed by atoms with Crippen LogP contribution in [0, 0.1) is 6.92 Å². The Labute approximate surface area is 131 Å². The van der Waals surface area contributed by atoms with Crippen molar-refractivity contribution in [1.82, 2.24) is 15.2 Å². The quantitative estimate of drug-likeness (QED) is 0.932. The van der Waals surface area contributed by atoms with Crippen molar-refractivity contribution in [3.05, 3.63) is 36.0 Å². The van der Waals surface area contributed by atoms with Gasteiger partial charge in [0.2, 0.25) is 5.95 Å². The fourth-order valence-corrected chi connectivity index (χ4v) is 3.05. The van der Waals surface area contributed by atoms with Crippen LogP contribution < -0.4 is 10.2 Å². The van der Waals surface area contributed by atoms with Crippen LogP contribution in [0.3, 0.4) is 0 Å². The predicted octanol–water partition coefficient (Wildman–Crippen LogP) is 3.69. The number of benzene rings is 1. The first-order valence-electron chi connectivity index (χ1n) is 8.07. The molecule has 0 saturated carbocycles. The van der Waals surface area contributed by atoms with Crippen LogP contribution in [0.25, 0.3) is 0 Å². The highest BCUT2D eigenvalue weighted by atomic mass is 15.3. The fourth-order valence-electron chi connectivity index (χ4n) is 3.05. The van der Waals surface area contributed by atoms with Crippen LogP contribution in [-0.4, -0.2) is 27.8 Å². The summed E-state index contributed by atoms with van der Waals surface area (Å²) in [5, 5.41) is 11.5. The summed E-state index contributed by atoms with van der Waals surface area (Å²) in [6.07, 6.45) is 6.69. The van der Waals surface area contributed by atoms with Gasteiger partial charge in [0.05, 0.1) is 6.20 Å². The average Bonchev–Trinajstić information content (AvgIpc) is 2.57. The molecule has 0 bridgehead atoms. The third kappa shape index (κ3) is 3.18. The number of aromatic nitrogens is 3. The van der Waals surface area contributed by atoms with Crippen molar-refractivity contribution >= 4 is 17.5 Å². The lowest BCUT2D eigenvalue weighted by Gasteiger charge is -2.35. The van der Waals surface area contributed by atoms with Gasteiger partial charge in [-0.1, -0.05) is 25.1 Å². The maximum Gasteiger partial charge on any atom is 0.249 e. The molecular formula is C17H23N5. The van der Waals surface area contributed by atoms with Gasteiger partial charge in [-0.05, 0) is 44.2 Å². The highest BCUT2D eigenvalue weighted by Gasteiger charge is 2.22. The second kappa shape index (κ2) is 6.73. The molecule has 116 valence electrons. The molecule has 2 aromatic rings. The molecule has 0 amide bonds. The molecule has 2 heterocycles. The van der Waals surface area contributed by atoms with Crippen molar-refractivity contribution in [3.8, 4) is 0 Å². The first kappa shape index (κ1) is 14.8. The summed E-state index contributed by atoms with van der Waals surface area (Å²) < 4.78 is 0. The zero-order chi connectivity index (χ0) is 15.4. The summed E-state index contributed by atoms with van der Waals surface area (Å²) in [7, 11) is 0. The Hall–Kier alpha value is -2.17. The van der Waals surface area contributed by atoms with E-state index >= 15 is 0 Å². The second-order valence-corrected chi connectivity index (χ2v) is 5.83. The van der Waals surface area contributed by atoms with E-state index in [9.17, 15) is 0 Å². The number of nitrogens with one attached hydrogen (secondary N) is 1. The lowest BCUT2D eigenvalue weighted by Crippen LogP contribution is -2.39. The summed E-state index contributed by atoms with van der Waals surface area (Å²) in [5.74, 6) is 1.49. The van der Waals surface area contributed by atoms with Gasteiger partial charge in [-0.15, -0.1) is 5.10 Å². The van der Waals surface area contributed by atoms with Crippen molar-refractivity contribution in [2.75, 3.05) is 16.8 Å². The summed E-state index contributed by atoms with van der Waals surface area (Å²) >= 11 is 0. The summed E-state index contributed by atoms with van der Waals surface area (Å²) in [4.78, 5) is 7.05. The smallest absolute Gasteiger partial charge is 0.249 e. The van der Waals surface area contributed by atoms with E-state index in [2.05, 4.69) is 45.3 Å². The summed E-state index contributed by atoms with van der Waals surface area (Å²) in [6, 6.07) is 8.69. The van der Waals surface area contributed by atoms with Crippen LogP contribution in [0.2, 0.25) is 0 Å². The lowest BCUT2D eigenvalue weighted by molar-refractivity contribution is 0.446. The Morgan fingerprint density at radius 1 is 1.27 bits per heavy atom. The molecule has 0 spiro atoms. The van der Waals surface area contributed by atoms with Crippen LogP contribution in [0.5, 0.6) is 0 Å². The first-order valence-corrected chi connectivity index (χ1v) is 8.07. The first-order chi connectivity index (χ1) is 10.8. The number of aryl methyl sites for hydroxylation is 1. The molecular weight excluding hydrogens is 274 g/mol. The number of hydrogen-bond acceptors (Lipinski definition) is 5. The van der Waals surface area contributed by atoms with Gasteiger partial charge in [0, 0.05) is 18.3 Å². The van der Waals surface area contributed by atoms with Gasteiger partial charge >= 0.3 is 0 Å². The van der Waals surface area contributed by atoms with Crippen LogP contribution >= 0.6 is 0 Å². The Bertz CT molecular complexity index is 628. The molecule has 5 heteroatoms. The molecule has 1 aromatic carbocycles. The molecule has 1 N–H and O–H groups in total. The number of hydrogen-bond donors (Lipinski definition) is 1. The minimum atomic E-state index is 0.562. The van der Waals surface area contributed by atoms with Crippen LogP contribution in [0.4, 0.5) is 17.5 Å². The van der Waals surface area contributed by atoms with Gasteiger partial charge in [0.1, 0.15) is 0 Å². The molecule has 1 unspecified atom stereocenters. The Balaban J connectivity index is 1.82. The van der Waals surface area contributed by atoms with Gasteiger partial charge in [-0.3, -0.25) is 0 Å². The minimum absolute atomic E-state index is 0.562. The third-order valence-corrected chi connectivity index (χ3v) is 4.33. The zero-order valence-corrected chi connectivity index (χ0v) is 13.3. The van der Waals surface area contributed by atoms with E-state index in [0.717, 1.165) is 24.5 Å². The van der Waals surface area contributed by atoms with E-state index in [0.29, 0.717) is 12.0 Å². The number of nitrogens with zero attached hydrogens (tertiary/aromatic N) is 4. The van der Waals surface area contributed by atoms with Gasteiger partial charge < -0.3 is 10.2 Å². The van der Waals surface area contributed by atoms with E-state index in [1.54, 1.807) is 6.20 Å². The fraction of sp³-hybridized carbons (Fsp3) is 0.471. The predicted molar refractivity (Wildman–Crippen MR) is 89.6 cm³/mol. The van der Waals surface area contributed by atoms with Crippen LogP contribution in [0.15, 0.2) is 30.5 Å². The number of anilines is 3. The number of rotatable bonds is 4. The highest BCUT2D eigenvalue weighted by Crippen LogP contribution is 2.25. The molecule has 5 nitrogen and oxygen atoms in total. The molecule has 0 aliphatic carbocycles. The molecule has 3 rings (SSSR count). The number of piperidine rings is 1. The molecule has 1 aliphatic rings. The van der Waals surface area contributed by atoms with E-state index in [-0.39, 0.29) is 0 Å². The standard InChI is InChI=1S/C17H23N5/c1-3-14-9-6-7-11-22(14)16-12-18-21-17(20-16)19-15-10-5-4-8-13(15)2/h4-5,8,10,12,14H,3,6-7,9,11H2,1-2H3,(H,19,20,21). The van der Waals surface area contributed by atoms with Gasteiger partial charge in [-0.25, -0.2) is 0 Å². The Morgan fingerprint density at radius 2 is 2.14 bits per heavy atom. The Morgan fingerprint density at radius 3 is 2.95 bits per heavy atom. The van der Waals surface area contributed by atoms with Gasteiger partial charge in [0.25, 0.3) is 0 Å². The monoisotopic (exact) mass is 297 g/mol. The lowest BCUT2D eigenvalue weighted by atomic mass is 10.0. The topological polar surface area (TPSA) is 53.9 Å². The van der Waals surface area contributed by atoms with Crippen molar-refractivity contribution in [3.63, 3.8) is 0 Å². The molecule has 1 fully saturated rings. The molecule has 1 atom stereocenters. The van der Waals surface area contributed by atoms with Crippen molar-refractivity contribution in [2.45, 2.75) is 45.6 Å². The maximum atomic E-state index is 4.67. The van der Waals surface area contributed by atoms with Crippen molar-refractivity contribution in [2.24, 2.45) is 0 Å². The maximum absolute atomic E-state index is 4.67. The SMILES string of the molecule is CCC1CCCCN1c1cnnc(Nc2ccccc2C)n1. The van der Waals surface area contributed by atoms with E-state index in [4.69, 9.17) is 0 Å². The van der Waals surface area contributed by atoms with Crippen LogP contribution in [0.1, 0.15) is 38.2 Å². The van der Waals surface area contributed by atoms with Crippen molar-refractivity contribution < 1.29 is 0 Å². The van der Waals surface area contributed by atoms with Gasteiger partial charge in [-0.2, -0.15) is 10.1 Å². The molecule has 1 aromatic heterocycles. The van der Waals surface area contributed by atoms with E-state index in [1.165, 1.54) is 24.8 Å². The molecule has 0 radical (unpaired) electrons. The largest absolute Gasteiger partial charge is 0.352 e. The van der Waals surface area contributed by atoms with Gasteiger partial charge in [0.15, 0.2) is 5.82 Å². The highest BCUT2D eigenvalue weighted by molar-refractivity contribution is 5.58. The molecule has 1 saturated heterocycles. The van der Waals surface area contributed by atoms with Crippen molar-refractivity contribution in [1.29, 1.82) is 0 Å². The minimum Gasteiger partial charge on any atom is -0.352 e. The zero-order valence-electron chi connectivity index (χ0n) is 13.3. The van der Waals surface area contributed by atoms with Crippen LogP contribution in [-0.2, 0) is 0 Å². The normalized spacial score (nSPS) is 18.3.